The van der Waals surface area contributed by atoms with Gasteiger partial charge >= 0.3 is 5.97 Å². The molecular weight excluding hydrogens is 238 g/mol. The van der Waals surface area contributed by atoms with Gasteiger partial charge in [0.15, 0.2) is 0 Å². The van der Waals surface area contributed by atoms with Crippen molar-refractivity contribution < 1.29 is 14.3 Å². The Morgan fingerprint density at radius 2 is 2.00 bits per heavy atom. The second-order valence-electron chi connectivity index (χ2n) is 3.39. The van der Waals surface area contributed by atoms with Gasteiger partial charge in [0.1, 0.15) is 0 Å². The van der Waals surface area contributed by atoms with Crippen molar-refractivity contribution in [2.24, 2.45) is 0 Å². The number of esters is 1. The van der Waals surface area contributed by atoms with E-state index in [1.165, 1.54) is 23.8 Å². The van der Waals surface area contributed by atoms with Crippen LogP contribution in [0.1, 0.15) is 10.4 Å². The summed E-state index contributed by atoms with van der Waals surface area (Å²) in [7, 11) is 2.98. The summed E-state index contributed by atoms with van der Waals surface area (Å²) in [5.74, 6) is -0.107. The first-order valence-electron chi connectivity index (χ1n) is 5.04. The summed E-state index contributed by atoms with van der Waals surface area (Å²) in [6, 6.07) is 6.89. The lowest BCUT2D eigenvalue weighted by atomic mass is 10.1. The van der Waals surface area contributed by atoms with Crippen molar-refractivity contribution >= 4 is 29.3 Å². The molecule has 1 aromatic carbocycles. The number of benzene rings is 1. The highest BCUT2D eigenvalue weighted by Crippen LogP contribution is 2.20. The highest BCUT2D eigenvalue weighted by atomic mass is 32.2. The molecule has 0 saturated heterocycles. The molecule has 0 aliphatic heterocycles. The molecule has 0 unspecified atom stereocenters. The largest absolute Gasteiger partial charge is 0.465 e. The molecule has 0 atom stereocenters. The van der Waals surface area contributed by atoms with Gasteiger partial charge in [0.2, 0.25) is 5.91 Å². The Kier molecular flexibility index (Phi) is 5.03. The molecule has 0 heterocycles. The van der Waals surface area contributed by atoms with E-state index >= 15 is 0 Å². The van der Waals surface area contributed by atoms with Gasteiger partial charge in [-0.25, -0.2) is 4.79 Å². The van der Waals surface area contributed by atoms with Crippen LogP contribution in [0.15, 0.2) is 24.3 Å². The van der Waals surface area contributed by atoms with Gasteiger partial charge in [-0.15, -0.1) is 0 Å². The maximum absolute atomic E-state index is 11.8. The quantitative estimate of drug-likeness (QED) is 0.768. The minimum absolute atomic E-state index is 0.0474. The van der Waals surface area contributed by atoms with E-state index < -0.39 is 5.97 Å². The van der Waals surface area contributed by atoms with Crippen molar-refractivity contribution in [1.29, 1.82) is 0 Å². The van der Waals surface area contributed by atoms with Crippen LogP contribution in [0.4, 0.5) is 5.69 Å². The van der Waals surface area contributed by atoms with Crippen LogP contribution in [0.2, 0.25) is 0 Å². The maximum atomic E-state index is 11.8. The Labute approximate surface area is 105 Å². The molecule has 92 valence electrons. The number of carbonyl (C=O) groups is 2. The maximum Gasteiger partial charge on any atom is 0.339 e. The molecular formula is C12H15NO3S. The number of methoxy groups -OCH3 is 1. The van der Waals surface area contributed by atoms with E-state index in [4.69, 9.17) is 0 Å². The van der Waals surface area contributed by atoms with Crippen LogP contribution in [0, 0.1) is 0 Å². The van der Waals surface area contributed by atoms with Crippen LogP contribution in [-0.4, -0.2) is 38.0 Å². The lowest BCUT2D eigenvalue weighted by Crippen LogP contribution is -2.29. The number of hydrogen-bond acceptors (Lipinski definition) is 4. The molecule has 0 bridgehead atoms. The SMILES string of the molecule is COC(=O)c1ccccc1N(C)C(=O)CSC. The number of ether oxygens (including phenoxy) is 1. The number of para-hydroxylation sites is 1. The van der Waals surface area contributed by atoms with E-state index in [9.17, 15) is 9.59 Å². The van der Waals surface area contributed by atoms with E-state index in [0.717, 1.165) is 0 Å². The Morgan fingerprint density at radius 3 is 2.59 bits per heavy atom. The van der Waals surface area contributed by atoms with Gasteiger partial charge in [0.25, 0.3) is 0 Å². The fraction of sp³-hybridized carbons (Fsp3) is 0.333. The number of hydrogen-bond donors (Lipinski definition) is 0. The third kappa shape index (κ3) is 3.23. The Morgan fingerprint density at radius 1 is 1.35 bits per heavy atom. The molecule has 17 heavy (non-hydrogen) atoms. The normalized spacial score (nSPS) is 9.82. The van der Waals surface area contributed by atoms with Gasteiger partial charge in [0.05, 0.1) is 24.1 Å². The first-order valence-corrected chi connectivity index (χ1v) is 6.44. The number of anilines is 1. The molecule has 0 radical (unpaired) electrons. The zero-order valence-corrected chi connectivity index (χ0v) is 10.9. The predicted molar refractivity (Wildman–Crippen MR) is 69.6 cm³/mol. The number of nitrogens with zero attached hydrogens (tertiary/aromatic N) is 1. The van der Waals surface area contributed by atoms with Crippen LogP contribution in [-0.2, 0) is 9.53 Å². The highest BCUT2D eigenvalue weighted by Gasteiger charge is 2.17. The summed E-state index contributed by atoms with van der Waals surface area (Å²) in [5.41, 5.74) is 0.963. The molecule has 5 heteroatoms. The average molecular weight is 253 g/mol. The standard InChI is InChI=1S/C12H15NO3S/c1-13(11(14)8-17-3)10-7-5-4-6-9(10)12(15)16-2/h4-7H,8H2,1-3H3. The van der Waals surface area contributed by atoms with Crippen molar-refractivity contribution in [2.75, 3.05) is 31.1 Å². The molecule has 0 aliphatic rings. The number of carbonyl (C=O) groups excluding carboxylic acids is 2. The van der Waals surface area contributed by atoms with E-state index in [1.54, 1.807) is 31.3 Å². The van der Waals surface area contributed by atoms with Crippen LogP contribution in [0.5, 0.6) is 0 Å². The van der Waals surface area contributed by atoms with Gasteiger partial charge in [-0.2, -0.15) is 11.8 Å². The number of rotatable bonds is 4. The highest BCUT2D eigenvalue weighted by molar-refractivity contribution is 7.99. The number of thioether (sulfide) groups is 1. The smallest absolute Gasteiger partial charge is 0.339 e. The second-order valence-corrected chi connectivity index (χ2v) is 4.26. The van der Waals surface area contributed by atoms with Crippen molar-refractivity contribution in [3.63, 3.8) is 0 Å². The summed E-state index contributed by atoms with van der Waals surface area (Å²) in [6.45, 7) is 0. The first-order chi connectivity index (χ1) is 8.11. The minimum Gasteiger partial charge on any atom is -0.465 e. The molecule has 0 N–H and O–H groups in total. The molecule has 1 rings (SSSR count). The summed E-state index contributed by atoms with van der Waals surface area (Å²) in [4.78, 5) is 24.8. The second kappa shape index (κ2) is 6.30. The van der Waals surface area contributed by atoms with Gasteiger partial charge in [-0.05, 0) is 18.4 Å². The van der Waals surface area contributed by atoms with E-state index in [1.807, 2.05) is 6.26 Å². The monoisotopic (exact) mass is 253 g/mol. The van der Waals surface area contributed by atoms with Crippen molar-refractivity contribution in [3.8, 4) is 0 Å². The van der Waals surface area contributed by atoms with Gasteiger partial charge in [0, 0.05) is 7.05 Å². The Hall–Kier alpha value is -1.49. The molecule has 0 saturated carbocycles. The fourth-order valence-electron chi connectivity index (χ4n) is 1.40. The molecule has 1 amide bonds. The molecule has 1 aromatic rings. The van der Waals surface area contributed by atoms with E-state index in [-0.39, 0.29) is 5.91 Å². The lowest BCUT2D eigenvalue weighted by molar-refractivity contribution is -0.115. The third-order valence-corrected chi connectivity index (χ3v) is 2.85. The van der Waals surface area contributed by atoms with Crippen LogP contribution in [0.25, 0.3) is 0 Å². The van der Waals surface area contributed by atoms with Gasteiger partial charge in [-0.3, -0.25) is 4.79 Å². The summed E-state index contributed by atoms with van der Waals surface area (Å²) < 4.78 is 4.68. The van der Waals surface area contributed by atoms with Crippen molar-refractivity contribution in [2.45, 2.75) is 0 Å². The van der Waals surface area contributed by atoms with Crippen molar-refractivity contribution in [3.05, 3.63) is 29.8 Å². The van der Waals surface area contributed by atoms with Crippen molar-refractivity contribution in [1.82, 2.24) is 0 Å². The fourth-order valence-corrected chi connectivity index (χ4v) is 1.84. The van der Waals surface area contributed by atoms with Gasteiger partial charge < -0.3 is 9.64 Å². The lowest BCUT2D eigenvalue weighted by Gasteiger charge is -2.19. The average Bonchev–Trinajstić information content (AvgIpc) is 2.37. The zero-order valence-electron chi connectivity index (χ0n) is 10.1. The molecule has 0 aromatic heterocycles. The zero-order chi connectivity index (χ0) is 12.8. The molecule has 0 fully saturated rings. The predicted octanol–water partition coefficient (Wildman–Crippen LogP) is 1.80. The van der Waals surface area contributed by atoms with Crippen LogP contribution < -0.4 is 4.90 Å². The molecule has 0 spiro atoms. The number of amides is 1. The Bertz CT molecular complexity index is 420. The molecule has 0 aliphatic carbocycles. The van der Waals surface area contributed by atoms with Crippen LogP contribution >= 0.6 is 11.8 Å². The topological polar surface area (TPSA) is 46.6 Å². The Balaban J connectivity index is 3.04. The summed E-state index contributed by atoms with van der Waals surface area (Å²) >= 11 is 1.45. The third-order valence-electron chi connectivity index (χ3n) is 2.31. The van der Waals surface area contributed by atoms with E-state index in [2.05, 4.69) is 4.74 Å². The van der Waals surface area contributed by atoms with Crippen LogP contribution in [0.3, 0.4) is 0 Å². The molecule has 4 nitrogen and oxygen atoms in total. The van der Waals surface area contributed by atoms with E-state index in [0.29, 0.717) is 17.0 Å². The minimum atomic E-state index is -0.440. The summed E-state index contributed by atoms with van der Waals surface area (Å²) in [5, 5.41) is 0. The summed E-state index contributed by atoms with van der Waals surface area (Å²) in [6.07, 6.45) is 1.86. The van der Waals surface area contributed by atoms with Gasteiger partial charge in [-0.1, -0.05) is 12.1 Å². The first kappa shape index (κ1) is 13.6.